The van der Waals surface area contributed by atoms with Crippen LogP contribution in [0.15, 0.2) is 24.3 Å². The van der Waals surface area contributed by atoms with E-state index in [1.54, 1.807) is 17.0 Å². The molecule has 0 aromatic heterocycles. The van der Waals surface area contributed by atoms with E-state index in [4.69, 9.17) is 0 Å². The van der Waals surface area contributed by atoms with Gasteiger partial charge in [-0.3, -0.25) is 9.59 Å². The van der Waals surface area contributed by atoms with Crippen molar-refractivity contribution in [3.05, 3.63) is 35.4 Å². The number of carbonyl (C=O) groups is 2. The predicted molar refractivity (Wildman–Crippen MR) is 110 cm³/mol. The maximum absolute atomic E-state index is 12.9. The molecule has 0 atom stereocenters. The van der Waals surface area contributed by atoms with Crippen molar-refractivity contribution >= 4 is 11.8 Å². The van der Waals surface area contributed by atoms with Crippen LogP contribution in [0.3, 0.4) is 0 Å². The van der Waals surface area contributed by atoms with Gasteiger partial charge in [0.15, 0.2) is 0 Å². The summed E-state index contributed by atoms with van der Waals surface area (Å²) in [7, 11) is 3.80. The van der Waals surface area contributed by atoms with E-state index in [0.717, 1.165) is 32.5 Å². The SMILES string of the molecule is CNCCC1CCN(C(=O)c2cccc(C(=O)N(C)CC(C)(C)C)c2)CC1. The molecule has 0 spiro atoms. The Morgan fingerprint density at radius 3 is 2.41 bits per heavy atom. The number of likely N-dealkylation sites (tertiary alicyclic amines) is 1. The van der Waals surface area contributed by atoms with Gasteiger partial charge in [0, 0.05) is 37.8 Å². The maximum atomic E-state index is 12.9. The smallest absolute Gasteiger partial charge is 0.253 e. The van der Waals surface area contributed by atoms with Gasteiger partial charge in [-0.2, -0.15) is 0 Å². The number of amides is 2. The van der Waals surface area contributed by atoms with Crippen molar-refractivity contribution < 1.29 is 9.59 Å². The van der Waals surface area contributed by atoms with Crippen LogP contribution in [0.2, 0.25) is 0 Å². The molecule has 1 heterocycles. The number of hydrogen-bond donors (Lipinski definition) is 1. The van der Waals surface area contributed by atoms with Crippen molar-refractivity contribution in [2.75, 3.05) is 40.3 Å². The summed E-state index contributed by atoms with van der Waals surface area (Å²) >= 11 is 0. The van der Waals surface area contributed by atoms with E-state index in [9.17, 15) is 9.59 Å². The summed E-state index contributed by atoms with van der Waals surface area (Å²) in [6.45, 7) is 9.63. The molecular weight excluding hydrogens is 338 g/mol. The van der Waals surface area contributed by atoms with Crippen LogP contribution in [-0.2, 0) is 0 Å². The van der Waals surface area contributed by atoms with Crippen LogP contribution in [0, 0.1) is 11.3 Å². The number of hydrogen-bond acceptors (Lipinski definition) is 3. The minimum absolute atomic E-state index is 0.0367. The number of nitrogens with zero attached hydrogens (tertiary/aromatic N) is 2. The Labute approximate surface area is 164 Å². The molecule has 1 aromatic carbocycles. The molecular formula is C22H35N3O2. The van der Waals surface area contributed by atoms with Gasteiger partial charge in [-0.1, -0.05) is 26.8 Å². The first-order valence-corrected chi connectivity index (χ1v) is 10.0. The third-order valence-corrected chi connectivity index (χ3v) is 5.12. The van der Waals surface area contributed by atoms with E-state index < -0.39 is 0 Å². The zero-order valence-electron chi connectivity index (χ0n) is 17.5. The Balaban J connectivity index is 2.00. The van der Waals surface area contributed by atoms with Crippen molar-refractivity contribution in [1.29, 1.82) is 0 Å². The second kappa shape index (κ2) is 9.36. The van der Waals surface area contributed by atoms with Gasteiger partial charge in [0.2, 0.25) is 0 Å². The van der Waals surface area contributed by atoms with Gasteiger partial charge in [-0.25, -0.2) is 0 Å². The van der Waals surface area contributed by atoms with E-state index in [2.05, 4.69) is 26.1 Å². The molecule has 1 aliphatic heterocycles. The Morgan fingerprint density at radius 1 is 1.19 bits per heavy atom. The van der Waals surface area contributed by atoms with E-state index in [-0.39, 0.29) is 17.2 Å². The van der Waals surface area contributed by atoms with Gasteiger partial charge >= 0.3 is 0 Å². The lowest BCUT2D eigenvalue weighted by molar-refractivity contribution is 0.0687. The van der Waals surface area contributed by atoms with Gasteiger partial charge in [0.25, 0.3) is 11.8 Å². The van der Waals surface area contributed by atoms with Gasteiger partial charge in [-0.15, -0.1) is 0 Å². The highest BCUT2D eigenvalue weighted by atomic mass is 16.2. The molecule has 5 heteroatoms. The first kappa shape index (κ1) is 21.4. The summed E-state index contributed by atoms with van der Waals surface area (Å²) in [4.78, 5) is 29.3. The van der Waals surface area contributed by atoms with Crippen molar-refractivity contribution in [2.45, 2.75) is 40.0 Å². The zero-order chi connectivity index (χ0) is 20.0. The molecule has 150 valence electrons. The fourth-order valence-corrected chi connectivity index (χ4v) is 3.74. The zero-order valence-corrected chi connectivity index (χ0v) is 17.5. The Kier molecular flexibility index (Phi) is 7.42. The summed E-state index contributed by atoms with van der Waals surface area (Å²) in [6, 6.07) is 7.17. The van der Waals surface area contributed by atoms with Crippen LogP contribution in [0.4, 0.5) is 0 Å². The third-order valence-electron chi connectivity index (χ3n) is 5.12. The van der Waals surface area contributed by atoms with E-state index >= 15 is 0 Å². The van der Waals surface area contributed by atoms with Gasteiger partial charge < -0.3 is 15.1 Å². The molecule has 0 radical (unpaired) electrons. The highest BCUT2D eigenvalue weighted by Crippen LogP contribution is 2.22. The quantitative estimate of drug-likeness (QED) is 0.833. The molecule has 27 heavy (non-hydrogen) atoms. The van der Waals surface area contributed by atoms with Gasteiger partial charge in [0.05, 0.1) is 0 Å². The van der Waals surface area contributed by atoms with Crippen molar-refractivity contribution in [2.24, 2.45) is 11.3 Å². The lowest BCUT2D eigenvalue weighted by Crippen LogP contribution is -2.39. The molecule has 1 fully saturated rings. The molecule has 1 aromatic rings. The topological polar surface area (TPSA) is 52.7 Å². The minimum Gasteiger partial charge on any atom is -0.341 e. The van der Waals surface area contributed by atoms with E-state index in [1.807, 2.05) is 31.1 Å². The molecule has 2 rings (SSSR count). The molecule has 0 bridgehead atoms. The monoisotopic (exact) mass is 373 g/mol. The summed E-state index contributed by atoms with van der Waals surface area (Å²) in [5.74, 6) is 0.695. The molecule has 0 saturated carbocycles. The van der Waals surface area contributed by atoms with Crippen molar-refractivity contribution in [1.82, 2.24) is 15.1 Å². The predicted octanol–water partition coefficient (Wildman–Crippen LogP) is 3.27. The lowest BCUT2D eigenvalue weighted by Gasteiger charge is -2.32. The molecule has 2 amide bonds. The van der Waals surface area contributed by atoms with Gasteiger partial charge in [0.1, 0.15) is 0 Å². The normalized spacial score (nSPS) is 15.7. The van der Waals surface area contributed by atoms with Crippen molar-refractivity contribution in [3.63, 3.8) is 0 Å². The average molecular weight is 374 g/mol. The highest BCUT2D eigenvalue weighted by Gasteiger charge is 2.24. The fraction of sp³-hybridized carbons (Fsp3) is 0.636. The first-order chi connectivity index (χ1) is 12.7. The Bertz CT molecular complexity index is 643. The van der Waals surface area contributed by atoms with Crippen molar-refractivity contribution in [3.8, 4) is 0 Å². The first-order valence-electron chi connectivity index (χ1n) is 10.0. The second-order valence-electron chi connectivity index (χ2n) is 8.93. The van der Waals surface area contributed by atoms with Crippen LogP contribution >= 0.6 is 0 Å². The molecule has 5 nitrogen and oxygen atoms in total. The van der Waals surface area contributed by atoms with Gasteiger partial charge in [-0.05, 0) is 62.4 Å². The van der Waals surface area contributed by atoms with E-state index in [0.29, 0.717) is 23.6 Å². The third kappa shape index (κ3) is 6.35. The second-order valence-corrected chi connectivity index (χ2v) is 8.93. The molecule has 1 aliphatic rings. The van der Waals surface area contributed by atoms with Crippen LogP contribution in [-0.4, -0.2) is 61.9 Å². The average Bonchev–Trinajstić information content (AvgIpc) is 2.64. The largest absolute Gasteiger partial charge is 0.341 e. The number of carbonyl (C=O) groups excluding carboxylic acids is 2. The minimum atomic E-state index is -0.0367. The standard InChI is InChI=1S/C22H35N3O2/c1-22(2,3)16-24(5)20(26)18-7-6-8-19(15-18)21(27)25-13-10-17(11-14-25)9-12-23-4/h6-8,15,17,23H,9-14,16H2,1-5H3. The summed E-state index contributed by atoms with van der Waals surface area (Å²) in [5.41, 5.74) is 1.23. The summed E-state index contributed by atoms with van der Waals surface area (Å²) in [6.07, 6.45) is 3.28. The number of benzene rings is 1. The molecule has 0 unspecified atom stereocenters. The molecule has 1 N–H and O–H groups in total. The highest BCUT2D eigenvalue weighted by molar-refractivity contribution is 5.99. The number of rotatable bonds is 6. The van der Waals surface area contributed by atoms with Crippen LogP contribution in [0.25, 0.3) is 0 Å². The van der Waals surface area contributed by atoms with E-state index in [1.165, 1.54) is 6.42 Å². The number of nitrogens with one attached hydrogen (secondary N) is 1. The summed E-state index contributed by atoms with van der Waals surface area (Å²) < 4.78 is 0. The number of piperidine rings is 1. The van der Waals surface area contributed by atoms with Crippen LogP contribution < -0.4 is 5.32 Å². The Hall–Kier alpha value is -1.88. The Morgan fingerprint density at radius 2 is 1.81 bits per heavy atom. The van der Waals surface area contributed by atoms with Crippen LogP contribution in [0.1, 0.15) is 60.7 Å². The maximum Gasteiger partial charge on any atom is 0.253 e. The van der Waals surface area contributed by atoms with Crippen LogP contribution in [0.5, 0.6) is 0 Å². The lowest BCUT2D eigenvalue weighted by atomic mass is 9.93. The molecule has 0 aliphatic carbocycles. The summed E-state index contributed by atoms with van der Waals surface area (Å²) in [5, 5.41) is 3.20. The fourth-order valence-electron chi connectivity index (χ4n) is 3.74. The molecule has 1 saturated heterocycles.